The Kier molecular flexibility index (Phi) is 5.20. The predicted molar refractivity (Wildman–Crippen MR) is 98.8 cm³/mol. The highest BCUT2D eigenvalue weighted by molar-refractivity contribution is 5.92. The van der Waals surface area contributed by atoms with Gasteiger partial charge in [0.25, 0.3) is 5.91 Å². The van der Waals surface area contributed by atoms with Crippen molar-refractivity contribution in [1.82, 2.24) is 15.3 Å². The largest absolute Gasteiger partial charge is 0.347 e. The van der Waals surface area contributed by atoms with Crippen molar-refractivity contribution in [2.24, 2.45) is 0 Å². The zero-order chi connectivity index (χ0) is 18.4. The van der Waals surface area contributed by atoms with Gasteiger partial charge in [-0.3, -0.25) is 4.79 Å². The second kappa shape index (κ2) is 7.90. The standard InChI is InChI=1S/C20H17N5O/c1-14-6-8-15(9-7-14)11-24-20(26)18-12-23-19(13-22-18)25-17-5-3-2-4-16(17)10-21/h2-9,12-13H,11H2,1H3,(H,23,25)(H,24,26). The van der Waals surface area contributed by atoms with Gasteiger partial charge in [0.15, 0.2) is 0 Å². The molecule has 0 unspecified atom stereocenters. The van der Waals surface area contributed by atoms with Crippen molar-refractivity contribution in [3.63, 3.8) is 0 Å². The van der Waals surface area contributed by atoms with Gasteiger partial charge in [-0.05, 0) is 24.6 Å². The van der Waals surface area contributed by atoms with E-state index in [4.69, 9.17) is 5.26 Å². The van der Waals surface area contributed by atoms with Crippen LogP contribution in [0.15, 0.2) is 60.9 Å². The smallest absolute Gasteiger partial charge is 0.271 e. The molecular weight excluding hydrogens is 326 g/mol. The predicted octanol–water partition coefficient (Wildman–Crippen LogP) is 3.33. The summed E-state index contributed by atoms with van der Waals surface area (Å²) in [6.45, 7) is 2.44. The summed E-state index contributed by atoms with van der Waals surface area (Å²) in [5, 5.41) is 14.9. The van der Waals surface area contributed by atoms with E-state index in [-0.39, 0.29) is 11.6 Å². The van der Waals surface area contributed by atoms with Crippen molar-refractivity contribution in [2.75, 3.05) is 5.32 Å². The first kappa shape index (κ1) is 17.1. The molecule has 128 valence electrons. The van der Waals surface area contributed by atoms with Gasteiger partial charge in [-0.1, -0.05) is 42.0 Å². The number of aromatic nitrogens is 2. The summed E-state index contributed by atoms with van der Waals surface area (Å²) in [4.78, 5) is 20.5. The first-order valence-electron chi connectivity index (χ1n) is 8.07. The number of para-hydroxylation sites is 1. The van der Waals surface area contributed by atoms with Gasteiger partial charge < -0.3 is 10.6 Å². The van der Waals surface area contributed by atoms with Crippen LogP contribution in [-0.4, -0.2) is 15.9 Å². The lowest BCUT2D eigenvalue weighted by atomic mass is 10.1. The van der Waals surface area contributed by atoms with Crippen molar-refractivity contribution >= 4 is 17.4 Å². The summed E-state index contributed by atoms with van der Waals surface area (Å²) >= 11 is 0. The Hall–Kier alpha value is -3.72. The fourth-order valence-electron chi connectivity index (χ4n) is 2.32. The number of carbonyl (C=O) groups is 1. The minimum Gasteiger partial charge on any atom is -0.347 e. The zero-order valence-electron chi connectivity index (χ0n) is 14.2. The highest BCUT2D eigenvalue weighted by Crippen LogP contribution is 2.18. The van der Waals surface area contributed by atoms with E-state index in [1.165, 1.54) is 18.0 Å². The molecule has 0 aliphatic heterocycles. The van der Waals surface area contributed by atoms with Gasteiger partial charge in [0, 0.05) is 6.54 Å². The van der Waals surface area contributed by atoms with E-state index < -0.39 is 0 Å². The lowest BCUT2D eigenvalue weighted by molar-refractivity contribution is 0.0945. The summed E-state index contributed by atoms with van der Waals surface area (Å²) in [6.07, 6.45) is 2.87. The summed E-state index contributed by atoms with van der Waals surface area (Å²) in [5.74, 6) is 0.171. The second-order valence-corrected chi connectivity index (χ2v) is 5.74. The molecule has 3 rings (SSSR count). The Morgan fingerprint density at radius 1 is 1.08 bits per heavy atom. The lowest BCUT2D eigenvalue weighted by Crippen LogP contribution is -2.24. The third-order valence-electron chi connectivity index (χ3n) is 3.77. The van der Waals surface area contributed by atoms with E-state index in [9.17, 15) is 4.79 Å². The van der Waals surface area contributed by atoms with Crippen molar-refractivity contribution < 1.29 is 4.79 Å². The van der Waals surface area contributed by atoms with Gasteiger partial charge >= 0.3 is 0 Å². The Labute approximate surface area is 151 Å². The fourth-order valence-corrected chi connectivity index (χ4v) is 2.32. The summed E-state index contributed by atoms with van der Waals surface area (Å²) < 4.78 is 0. The number of amides is 1. The van der Waals surface area contributed by atoms with Gasteiger partial charge in [-0.2, -0.15) is 5.26 Å². The topological polar surface area (TPSA) is 90.7 Å². The van der Waals surface area contributed by atoms with Crippen LogP contribution >= 0.6 is 0 Å². The number of rotatable bonds is 5. The van der Waals surface area contributed by atoms with Crippen molar-refractivity contribution in [3.05, 3.63) is 83.3 Å². The Morgan fingerprint density at radius 2 is 1.85 bits per heavy atom. The molecule has 1 aromatic heterocycles. The number of nitrogens with zero attached hydrogens (tertiary/aromatic N) is 3. The average molecular weight is 343 g/mol. The molecule has 0 atom stereocenters. The molecule has 2 aromatic carbocycles. The van der Waals surface area contributed by atoms with Gasteiger partial charge in [0.1, 0.15) is 17.6 Å². The molecule has 0 fully saturated rings. The molecule has 1 heterocycles. The number of carbonyl (C=O) groups excluding carboxylic acids is 1. The van der Waals surface area contributed by atoms with Gasteiger partial charge in [-0.25, -0.2) is 9.97 Å². The highest BCUT2D eigenvalue weighted by atomic mass is 16.1. The summed E-state index contributed by atoms with van der Waals surface area (Å²) in [6, 6.07) is 17.2. The van der Waals surface area contributed by atoms with Crippen LogP contribution in [0.5, 0.6) is 0 Å². The number of benzene rings is 2. The third kappa shape index (κ3) is 4.22. The van der Waals surface area contributed by atoms with E-state index >= 15 is 0 Å². The van der Waals surface area contributed by atoms with Crippen LogP contribution in [0.2, 0.25) is 0 Å². The zero-order valence-corrected chi connectivity index (χ0v) is 14.2. The number of anilines is 2. The number of hydrogen-bond donors (Lipinski definition) is 2. The maximum atomic E-state index is 12.2. The molecule has 3 aromatic rings. The van der Waals surface area contributed by atoms with Crippen LogP contribution < -0.4 is 10.6 Å². The molecule has 2 N–H and O–H groups in total. The minimum absolute atomic E-state index is 0.233. The van der Waals surface area contributed by atoms with Crippen LogP contribution in [0, 0.1) is 18.3 Å². The van der Waals surface area contributed by atoms with Gasteiger partial charge in [0.2, 0.25) is 0 Å². The molecule has 0 spiro atoms. The first-order valence-corrected chi connectivity index (χ1v) is 8.07. The fraction of sp³-hybridized carbons (Fsp3) is 0.100. The van der Waals surface area contributed by atoms with E-state index in [2.05, 4.69) is 26.7 Å². The summed E-state index contributed by atoms with van der Waals surface area (Å²) in [7, 11) is 0. The second-order valence-electron chi connectivity index (χ2n) is 5.74. The number of hydrogen-bond acceptors (Lipinski definition) is 5. The highest BCUT2D eigenvalue weighted by Gasteiger charge is 2.09. The molecule has 0 bridgehead atoms. The van der Waals surface area contributed by atoms with Crippen LogP contribution in [0.1, 0.15) is 27.2 Å². The molecular formula is C20H17N5O. The third-order valence-corrected chi connectivity index (χ3v) is 3.77. The Balaban J connectivity index is 1.62. The molecule has 0 saturated carbocycles. The van der Waals surface area contributed by atoms with Crippen molar-refractivity contribution in [3.8, 4) is 6.07 Å². The summed E-state index contributed by atoms with van der Waals surface area (Å²) in [5.41, 5.74) is 3.57. The lowest BCUT2D eigenvalue weighted by Gasteiger charge is -2.08. The van der Waals surface area contributed by atoms with Crippen molar-refractivity contribution in [2.45, 2.75) is 13.5 Å². The number of aryl methyl sites for hydroxylation is 1. The maximum Gasteiger partial charge on any atom is 0.271 e. The average Bonchev–Trinajstić information content (AvgIpc) is 2.68. The molecule has 26 heavy (non-hydrogen) atoms. The SMILES string of the molecule is Cc1ccc(CNC(=O)c2cnc(Nc3ccccc3C#N)cn2)cc1. The monoisotopic (exact) mass is 343 g/mol. The minimum atomic E-state index is -0.290. The molecule has 6 heteroatoms. The number of nitrogens with one attached hydrogen (secondary N) is 2. The van der Waals surface area contributed by atoms with Crippen LogP contribution in [0.25, 0.3) is 0 Å². The maximum absolute atomic E-state index is 12.2. The van der Waals surface area contributed by atoms with Crippen molar-refractivity contribution in [1.29, 1.82) is 5.26 Å². The van der Waals surface area contributed by atoms with E-state index in [0.29, 0.717) is 23.6 Å². The Bertz CT molecular complexity index is 943. The molecule has 1 amide bonds. The van der Waals surface area contributed by atoms with Gasteiger partial charge in [-0.15, -0.1) is 0 Å². The molecule has 0 radical (unpaired) electrons. The van der Waals surface area contributed by atoms with Crippen LogP contribution in [-0.2, 0) is 6.54 Å². The van der Waals surface area contributed by atoms with E-state index in [0.717, 1.165) is 5.56 Å². The first-order chi connectivity index (χ1) is 12.7. The quantitative estimate of drug-likeness (QED) is 0.741. The Morgan fingerprint density at radius 3 is 2.54 bits per heavy atom. The normalized spacial score (nSPS) is 10.0. The molecule has 6 nitrogen and oxygen atoms in total. The molecule has 0 saturated heterocycles. The molecule has 0 aliphatic carbocycles. The molecule has 0 aliphatic rings. The van der Waals surface area contributed by atoms with Crippen LogP contribution in [0.3, 0.4) is 0 Å². The van der Waals surface area contributed by atoms with Gasteiger partial charge in [0.05, 0.1) is 23.6 Å². The van der Waals surface area contributed by atoms with E-state index in [1.54, 1.807) is 18.2 Å². The van der Waals surface area contributed by atoms with Crippen LogP contribution in [0.4, 0.5) is 11.5 Å². The van der Waals surface area contributed by atoms with E-state index in [1.807, 2.05) is 37.3 Å². The number of nitriles is 1.